The highest BCUT2D eigenvalue weighted by atomic mass is 32.1. The number of thiophene rings is 1. The van der Waals surface area contributed by atoms with Crippen LogP contribution in [0.3, 0.4) is 0 Å². The first-order valence-electron chi connectivity index (χ1n) is 5.83. The molecule has 1 aromatic carbocycles. The molecule has 3 nitrogen and oxygen atoms in total. The largest absolute Gasteiger partial charge is 0.397 e. The summed E-state index contributed by atoms with van der Waals surface area (Å²) in [5, 5.41) is 4.71. The zero-order valence-corrected chi connectivity index (χ0v) is 11.1. The summed E-state index contributed by atoms with van der Waals surface area (Å²) in [7, 11) is 0. The fourth-order valence-corrected chi connectivity index (χ4v) is 2.51. The Hall–Kier alpha value is -1.81. The van der Waals surface area contributed by atoms with Crippen LogP contribution in [-0.2, 0) is 6.42 Å². The summed E-state index contributed by atoms with van der Waals surface area (Å²) < 4.78 is 0. The molecular formula is C14H16N2OS. The molecule has 1 aromatic heterocycles. The third-order valence-corrected chi connectivity index (χ3v) is 3.61. The van der Waals surface area contributed by atoms with Crippen molar-refractivity contribution >= 4 is 22.9 Å². The van der Waals surface area contributed by atoms with Crippen LogP contribution in [0.25, 0.3) is 0 Å². The Morgan fingerprint density at radius 3 is 2.89 bits per heavy atom. The third-order valence-electron chi connectivity index (χ3n) is 2.68. The van der Waals surface area contributed by atoms with Crippen LogP contribution in [0.15, 0.2) is 35.7 Å². The first-order valence-corrected chi connectivity index (χ1v) is 6.71. The van der Waals surface area contributed by atoms with Crippen molar-refractivity contribution in [3.63, 3.8) is 0 Å². The third kappa shape index (κ3) is 3.11. The average molecular weight is 260 g/mol. The van der Waals surface area contributed by atoms with Gasteiger partial charge in [-0.15, -0.1) is 11.3 Å². The van der Waals surface area contributed by atoms with E-state index in [1.807, 2.05) is 11.4 Å². The summed E-state index contributed by atoms with van der Waals surface area (Å²) in [5.74, 6) is -0.0878. The molecule has 4 heteroatoms. The fourth-order valence-electron chi connectivity index (χ4n) is 1.77. The number of carbonyl (C=O) groups is 1. The van der Waals surface area contributed by atoms with Gasteiger partial charge in [-0.3, -0.25) is 4.79 Å². The molecule has 2 aromatic rings. The summed E-state index contributed by atoms with van der Waals surface area (Å²) >= 11 is 1.37. The fraction of sp³-hybridized carbons (Fsp3) is 0.214. The van der Waals surface area contributed by atoms with Gasteiger partial charge in [0.05, 0.1) is 5.69 Å². The number of nitrogens with two attached hydrogens (primary N) is 1. The summed E-state index contributed by atoms with van der Waals surface area (Å²) in [6.45, 7) is 2.69. The second kappa shape index (κ2) is 5.69. The van der Waals surface area contributed by atoms with Crippen molar-refractivity contribution in [1.29, 1.82) is 0 Å². The minimum absolute atomic E-state index is 0.0878. The molecule has 0 bridgehead atoms. The number of nitrogen functional groups attached to an aromatic ring is 1. The van der Waals surface area contributed by atoms with Crippen LogP contribution < -0.4 is 11.1 Å². The van der Waals surface area contributed by atoms with Gasteiger partial charge in [0.25, 0.3) is 5.91 Å². The molecule has 0 fully saturated rings. The van der Waals surface area contributed by atoms with Gasteiger partial charge in [0.1, 0.15) is 4.88 Å². The van der Waals surface area contributed by atoms with Crippen LogP contribution in [0.2, 0.25) is 0 Å². The van der Waals surface area contributed by atoms with E-state index >= 15 is 0 Å². The van der Waals surface area contributed by atoms with Crippen molar-refractivity contribution in [2.24, 2.45) is 0 Å². The van der Waals surface area contributed by atoms with Gasteiger partial charge < -0.3 is 11.1 Å². The monoisotopic (exact) mass is 260 g/mol. The number of anilines is 1. The lowest BCUT2D eigenvalue weighted by molar-refractivity contribution is 0.0959. The second-order valence-electron chi connectivity index (χ2n) is 4.20. The maximum absolute atomic E-state index is 11.8. The van der Waals surface area contributed by atoms with Crippen LogP contribution in [0.1, 0.15) is 20.8 Å². The molecular weight excluding hydrogens is 244 g/mol. The molecule has 1 amide bonds. The maximum Gasteiger partial charge on any atom is 0.263 e. The minimum atomic E-state index is -0.0878. The van der Waals surface area contributed by atoms with Crippen LogP contribution >= 0.6 is 11.3 Å². The SMILES string of the molecule is Cc1cccc(CCNC(=O)c2sccc2N)c1. The number of nitrogens with one attached hydrogen (secondary N) is 1. The average Bonchev–Trinajstić information content (AvgIpc) is 2.75. The van der Waals surface area contributed by atoms with E-state index in [4.69, 9.17) is 5.73 Å². The van der Waals surface area contributed by atoms with Crippen molar-refractivity contribution in [2.45, 2.75) is 13.3 Å². The van der Waals surface area contributed by atoms with E-state index in [9.17, 15) is 4.79 Å². The first kappa shape index (κ1) is 12.6. The summed E-state index contributed by atoms with van der Waals surface area (Å²) in [4.78, 5) is 12.4. The van der Waals surface area contributed by atoms with Gasteiger partial charge in [0.2, 0.25) is 0 Å². The predicted molar refractivity (Wildman–Crippen MR) is 75.9 cm³/mol. The molecule has 3 N–H and O–H groups in total. The second-order valence-corrected chi connectivity index (χ2v) is 5.12. The molecule has 0 unspecified atom stereocenters. The van der Waals surface area contributed by atoms with Gasteiger partial charge in [0.15, 0.2) is 0 Å². The van der Waals surface area contributed by atoms with Crippen LogP contribution in [0, 0.1) is 6.92 Å². The van der Waals surface area contributed by atoms with E-state index in [2.05, 4.69) is 30.4 Å². The molecule has 0 spiro atoms. The summed E-state index contributed by atoms with van der Waals surface area (Å²) in [6, 6.07) is 10.0. The molecule has 1 heterocycles. The Balaban J connectivity index is 1.86. The Bertz CT molecular complexity index is 548. The van der Waals surface area contributed by atoms with E-state index in [1.54, 1.807) is 6.07 Å². The Kier molecular flexibility index (Phi) is 3.99. The van der Waals surface area contributed by atoms with E-state index < -0.39 is 0 Å². The van der Waals surface area contributed by atoms with Crippen molar-refractivity contribution < 1.29 is 4.79 Å². The van der Waals surface area contributed by atoms with E-state index in [0.717, 1.165) is 6.42 Å². The van der Waals surface area contributed by atoms with Crippen LogP contribution in [0.4, 0.5) is 5.69 Å². The van der Waals surface area contributed by atoms with Gasteiger partial charge >= 0.3 is 0 Å². The minimum Gasteiger partial charge on any atom is -0.397 e. The highest BCUT2D eigenvalue weighted by Gasteiger charge is 2.09. The van der Waals surface area contributed by atoms with Gasteiger partial charge in [-0.1, -0.05) is 29.8 Å². The molecule has 0 aliphatic carbocycles. The Morgan fingerprint density at radius 2 is 2.22 bits per heavy atom. The Morgan fingerprint density at radius 1 is 1.39 bits per heavy atom. The van der Waals surface area contributed by atoms with Crippen molar-refractivity contribution in [1.82, 2.24) is 5.32 Å². The first-order chi connectivity index (χ1) is 8.66. The zero-order chi connectivity index (χ0) is 13.0. The molecule has 18 heavy (non-hydrogen) atoms. The maximum atomic E-state index is 11.8. The summed E-state index contributed by atoms with van der Waals surface area (Å²) in [6.07, 6.45) is 0.832. The smallest absolute Gasteiger partial charge is 0.263 e. The lowest BCUT2D eigenvalue weighted by atomic mass is 10.1. The highest BCUT2D eigenvalue weighted by Crippen LogP contribution is 2.18. The van der Waals surface area contributed by atoms with E-state index in [-0.39, 0.29) is 5.91 Å². The molecule has 0 radical (unpaired) electrons. The van der Waals surface area contributed by atoms with Crippen molar-refractivity contribution in [3.05, 3.63) is 51.7 Å². The van der Waals surface area contributed by atoms with Crippen molar-refractivity contribution in [3.8, 4) is 0 Å². The highest BCUT2D eigenvalue weighted by molar-refractivity contribution is 7.12. The topological polar surface area (TPSA) is 55.1 Å². The number of hydrogen-bond acceptors (Lipinski definition) is 3. The molecule has 0 aliphatic rings. The molecule has 0 saturated carbocycles. The number of hydrogen-bond donors (Lipinski definition) is 2. The van der Waals surface area contributed by atoms with Crippen LogP contribution in [-0.4, -0.2) is 12.5 Å². The van der Waals surface area contributed by atoms with Gasteiger partial charge in [-0.2, -0.15) is 0 Å². The van der Waals surface area contributed by atoms with E-state index in [1.165, 1.54) is 22.5 Å². The number of benzene rings is 1. The normalized spacial score (nSPS) is 10.3. The summed E-state index contributed by atoms with van der Waals surface area (Å²) in [5.41, 5.74) is 8.71. The molecule has 0 aliphatic heterocycles. The standard InChI is InChI=1S/C14H16N2OS/c1-10-3-2-4-11(9-10)5-7-16-14(17)13-12(15)6-8-18-13/h2-4,6,8-9H,5,7,15H2,1H3,(H,16,17). The van der Waals surface area contributed by atoms with Crippen LogP contribution in [0.5, 0.6) is 0 Å². The number of amides is 1. The number of rotatable bonds is 4. The van der Waals surface area contributed by atoms with Crippen molar-refractivity contribution in [2.75, 3.05) is 12.3 Å². The quantitative estimate of drug-likeness (QED) is 0.888. The molecule has 0 atom stereocenters. The molecule has 94 valence electrons. The molecule has 2 rings (SSSR count). The number of carbonyl (C=O) groups excluding carboxylic acids is 1. The van der Waals surface area contributed by atoms with Gasteiger partial charge in [-0.25, -0.2) is 0 Å². The predicted octanol–water partition coefficient (Wildman–Crippen LogP) is 2.61. The number of aryl methyl sites for hydroxylation is 1. The van der Waals surface area contributed by atoms with Gasteiger partial charge in [-0.05, 0) is 30.4 Å². The Labute approximate surface area is 111 Å². The molecule has 0 saturated heterocycles. The lowest BCUT2D eigenvalue weighted by Crippen LogP contribution is -2.25. The van der Waals surface area contributed by atoms with Gasteiger partial charge in [0, 0.05) is 6.54 Å². The zero-order valence-electron chi connectivity index (χ0n) is 10.3. The lowest BCUT2D eigenvalue weighted by Gasteiger charge is -2.05. The van der Waals surface area contributed by atoms with E-state index in [0.29, 0.717) is 17.1 Å².